The van der Waals surface area contributed by atoms with Crippen LogP contribution in [0.5, 0.6) is 0 Å². The monoisotopic (exact) mass is 518 g/mol. The van der Waals surface area contributed by atoms with Gasteiger partial charge in [0.25, 0.3) is 11.5 Å². The van der Waals surface area contributed by atoms with E-state index in [2.05, 4.69) is 26.8 Å². The highest BCUT2D eigenvalue weighted by Crippen LogP contribution is 2.25. The number of halogens is 1. The van der Waals surface area contributed by atoms with Crippen molar-refractivity contribution in [2.75, 3.05) is 53.1 Å². The van der Waals surface area contributed by atoms with E-state index in [-0.39, 0.29) is 17.0 Å². The van der Waals surface area contributed by atoms with Crippen molar-refractivity contribution < 1.29 is 9.18 Å². The molecule has 0 saturated carbocycles. The van der Waals surface area contributed by atoms with Gasteiger partial charge in [-0.25, -0.2) is 4.39 Å². The molecule has 0 spiro atoms. The molecule has 0 radical (unpaired) electrons. The first-order valence-corrected chi connectivity index (χ1v) is 12.3. The van der Waals surface area contributed by atoms with Crippen LogP contribution >= 0.6 is 0 Å². The second-order valence-corrected chi connectivity index (χ2v) is 9.32. The summed E-state index contributed by atoms with van der Waals surface area (Å²) >= 11 is 0. The number of allylic oxidation sites excluding steroid dienone is 4. The topological polar surface area (TPSA) is 82.8 Å². The molecule has 3 heterocycles. The molecular formula is C29H35FN6O2. The Labute approximate surface area is 223 Å². The number of anilines is 1. The van der Waals surface area contributed by atoms with E-state index in [0.717, 1.165) is 23.4 Å². The van der Waals surface area contributed by atoms with E-state index in [1.165, 1.54) is 23.2 Å². The predicted molar refractivity (Wildman–Crippen MR) is 153 cm³/mol. The lowest BCUT2D eigenvalue weighted by Gasteiger charge is -2.26. The van der Waals surface area contributed by atoms with Gasteiger partial charge in [0.15, 0.2) is 0 Å². The molecular weight excluding hydrogens is 483 g/mol. The van der Waals surface area contributed by atoms with Gasteiger partial charge in [0, 0.05) is 78.2 Å². The summed E-state index contributed by atoms with van der Waals surface area (Å²) in [5, 5.41) is 2.97. The van der Waals surface area contributed by atoms with Gasteiger partial charge in [0.05, 0.1) is 11.3 Å². The van der Waals surface area contributed by atoms with Gasteiger partial charge in [-0.1, -0.05) is 24.3 Å². The van der Waals surface area contributed by atoms with Crippen LogP contribution in [0.4, 0.5) is 10.1 Å². The van der Waals surface area contributed by atoms with Crippen LogP contribution in [0.2, 0.25) is 0 Å². The third kappa shape index (κ3) is 7.01. The predicted octanol–water partition coefficient (Wildman–Crippen LogP) is 3.96. The van der Waals surface area contributed by atoms with E-state index >= 15 is 0 Å². The Morgan fingerprint density at radius 1 is 1.34 bits per heavy atom. The molecule has 2 aromatic rings. The minimum Gasteiger partial charge on any atom is -0.388 e. The highest BCUT2D eigenvalue weighted by molar-refractivity contribution is 5.93. The summed E-state index contributed by atoms with van der Waals surface area (Å²) in [6.45, 7) is 8.29. The van der Waals surface area contributed by atoms with Crippen LogP contribution in [0, 0.1) is 5.82 Å². The number of aliphatic imine (C=N–C) groups is 1. The van der Waals surface area contributed by atoms with Gasteiger partial charge in [-0.3, -0.25) is 29.0 Å². The number of aromatic nitrogens is 2. The second-order valence-electron chi connectivity index (χ2n) is 9.32. The van der Waals surface area contributed by atoms with Crippen LogP contribution in [-0.4, -0.2) is 79.3 Å². The van der Waals surface area contributed by atoms with E-state index < -0.39 is 5.82 Å². The van der Waals surface area contributed by atoms with Crippen LogP contribution in [0.3, 0.4) is 0 Å². The zero-order chi connectivity index (χ0) is 27.8. The molecule has 38 heavy (non-hydrogen) atoms. The Morgan fingerprint density at radius 2 is 2.11 bits per heavy atom. The van der Waals surface area contributed by atoms with Gasteiger partial charge in [0.2, 0.25) is 0 Å². The zero-order valence-electron chi connectivity index (χ0n) is 22.7. The van der Waals surface area contributed by atoms with Gasteiger partial charge in [-0.05, 0) is 42.7 Å². The largest absolute Gasteiger partial charge is 0.388 e. The zero-order valence-corrected chi connectivity index (χ0v) is 22.7. The van der Waals surface area contributed by atoms with Crippen LogP contribution in [0.15, 0.2) is 76.3 Å². The van der Waals surface area contributed by atoms with Gasteiger partial charge < -0.3 is 10.2 Å². The molecule has 0 atom stereocenters. The number of hydrogen-bond acceptors (Lipinski definition) is 6. The third-order valence-electron chi connectivity index (χ3n) is 6.16. The van der Waals surface area contributed by atoms with Gasteiger partial charge in [0.1, 0.15) is 11.5 Å². The normalized spacial score (nSPS) is 14.9. The van der Waals surface area contributed by atoms with Crippen molar-refractivity contribution in [1.29, 1.82) is 0 Å². The van der Waals surface area contributed by atoms with Crippen molar-refractivity contribution in [3.63, 3.8) is 0 Å². The third-order valence-corrected chi connectivity index (χ3v) is 6.16. The molecule has 0 saturated heterocycles. The quantitative estimate of drug-likeness (QED) is 0.401. The van der Waals surface area contributed by atoms with Gasteiger partial charge in [-0.15, -0.1) is 0 Å². The van der Waals surface area contributed by atoms with E-state index in [4.69, 9.17) is 0 Å². The standard InChI is InChI=1S/C29H35FN6O2/c1-20(15-21(2)26(7-11-31-3)36-14-10-24(32-4)17-27(36)37)19-35-12-8-22(9-13-35)28-25(30)16-23(18-33-28)29(38)34(5)6/h7-8,10-11,14-18,32H,2,9,12-13,19H2,1,3-6H3/b20-15+,26-7+,31-11?. The SMILES string of the molecule is C=C(/C=C(\C)CN1CC=C(c2ncc(C(=O)N(C)C)cc2F)CC1)/C(=C\C=NC)n1ccc(NC)cc1=O. The number of carbonyl (C=O) groups excluding carboxylic acids is 1. The van der Waals surface area contributed by atoms with Crippen molar-refractivity contribution in [1.82, 2.24) is 19.4 Å². The fourth-order valence-corrected chi connectivity index (χ4v) is 4.21. The van der Waals surface area contributed by atoms with Gasteiger partial charge >= 0.3 is 0 Å². The van der Waals surface area contributed by atoms with E-state index in [1.54, 1.807) is 51.2 Å². The molecule has 0 aromatic carbocycles. The average Bonchev–Trinajstić information content (AvgIpc) is 2.89. The Hall–Kier alpha value is -4.11. The molecule has 0 fully saturated rings. The molecule has 0 aliphatic carbocycles. The summed E-state index contributed by atoms with van der Waals surface area (Å²) in [7, 11) is 6.68. The maximum atomic E-state index is 14.7. The van der Waals surface area contributed by atoms with E-state index in [0.29, 0.717) is 36.5 Å². The van der Waals surface area contributed by atoms with Crippen LogP contribution in [0.1, 0.15) is 29.4 Å². The molecule has 200 valence electrons. The number of pyridine rings is 2. The molecule has 1 N–H and O–H groups in total. The van der Waals surface area contributed by atoms with Crippen molar-refractivity contribution >= 4 is 29.1 Å². The molecule has 0 bridgehead atoms. The lowest BCUT2D eigenvalue weighted by Crippen LogP contribution is -2.30. The summed E-state index contributed by atoms with van der Waals surface area (Å²) in [5.74, 6) is -0.770. The summed E-state index contributed by atoms with van der Waals surface area (Å²) < 4.78 is 16.3. The van der Waals surface area contributed by atoms with Crippen LogP contribution < -0.4 is 10.9 Å². The Kier molecular flexibility index (Phi) is 9.67. The van der Waals surface area contributed by atoms with Crippen molar-refractivity contribution in [2.24, 2.45) is 4.99 Å². The number of nitrogens with zero attached hydrogens (tertiary/aromatic N) is 5. The summed E-state index contributed by atoms with van der Waals surface area (Å²) in [6, 6.07) is 4.61. The van der Waals surface area contributed by atoms with E-state index in [9.17, 15) is 14.0 Å². The highest BCUT2D eigenvalue weighted by atomic mass is 19.1. The highest BCUT2D eigenvalue weighted by Gasteiger charge is 2.19. The first-order valence-electron chi connectivity index (χ1n) is 12.3. The lowest BCUT2D eigenvalue weighted by molar-refractivity contribution is 0.0826. The smallest absolute Gasteiger partial charge is 0.257 e. The number of rotatable bonds is 9. The second kappa shape index (κ2) is 12.9. The van der Waals surface area contributed by atoms with E-state index in [1.807, 2.05) is 25.1 Å². The van der Waals surface area contributed by atoms with Gasteiger partial charge in [-0.2, -0.15) is 0 Å². The lowest BCUT2D eigenvalue weighted by atomic mass is 10.0. The minimum absolute atomic E-state index is 0.173. The van der Waals surface area contributed by atoms with Crippen LogP contribution in [0.25, 0.3) is 11.3 Å². The number of hydrogen-bond donors (Lipinski definition) is 1. The molecule has 1 aliphatic heterocycles. The Morgan fingerprint density at radius 3 is 2.68 bits per heavy atom. The maximum Gasteiger partial charge on any atom is 0.257 e. The Bertz CT molecular complexity index is 1380. The minimum atomic E-state index is -0.488. The molecule has 1 amide bonds. The number of amides is 1. The average molecular weight is 519 g/mol. The molecule has 1 aliphatic rings. The van der Waals surface area contributed by atoms with Crippen molar-refractivity contribution in [3.8, 4) is 0 Å². The Balaban J connectivity index is 1.71. The summed E-state index contributed by atoms with van der Waals surface area (Å²) in [6.07, 6.45) is 11.1. The molecule has 3 rings (SSSR count). The first-order chi connectivity index (χ1) is 18.1. The summed E-state index contributed by atoms with van der Waals surface area (Å²) in [5.41, 5.74) is 4.32. The maximum absolute atomic E-state index is 14.7. The molecule has 0 unspecified atom stereocenters. The van der Waals surface area contributed by atoms with Crippen LogP contribution in [-0.2, 0) is 0 Å². The molecule has 2 aromatic heterocycles. The van der Waals surface area contributed by atoms with Crippen molar-refractivity contribution in [2.45, 2.75) is 13.3 Å². The van der Waals surface area contributed by atoms with Crippen molar-refractivity contribution in [3.05, 3.63) is 94.0 Å². The summed E-state index contributed by atoms with van der Waals surface area (Å²) in [4.78, 5) is 36.7. The fourth-order valence-electron chi connectivity index (χ4n) is 4.21. The number of nitrogens with one attached hydrogen (secondary N) is 1. The first kappa shape index (κ1) is 28.5. The molecule has 9 heteroatoms. The molecule has 8 nitrogen and oxygen atoms in total. The fraction of sp³-hybridized carbons (Fsp3) is 0.310. The number of carbonyl (C=O) groups is 1.